The molecule has 0 spiro atoms. The third-order valence-corrected chi connectivity index (χ3v) is 8.94. The number of carbonyl (C=O) groups is 1. The van der Waals surface area contributed by atoms with Crippen LogP contribution in [0, 0.1) is 24.3 Å². The summed E-state index contributed by atoms with van der Waals surface area (Å²) in [7, 11) is 0. The van der Waals surface area contributed by atoms with Gasteiger partial charge in [0.05, 0.1) is 43.7 Å². The predicted octanol–water partition coefficient (Wildman–Crippen LogP) is 5.60. The third kappa shape index (κ3) is 6.06. The molecule has 0 saturated heterocycles. The first-order valence-corrected chi connectivity index (χ1v) is 15.7. The van der Waals surface area contributed by atoms with Crippen molar-refractivity contribution in [2.45, 2.75) is 26.5 Å². The lowest BCUT2D eigenvalue weighted by molar-refractivity contribution is -0.139. The number of carbonyl (C=O) groups excluding carboxylic acids is 1. The van der Waals surface area contributed by atoms with E-state index < -0.39 is 17.8 Å². The van der Waals surface area contributed by atoms with Crippen molar-refractivity contribution in [3.8, 4) is 11.8 Å². The van der Waals surface area contributed by atoms with Crippen molar-refractivity contribution < 1.29 is 18.7 Å². The van der Waals surface area contributed by atoms with Gasteiger partial charge in [0.2, 0.25) is 0 Å². The molecule has 0 radical (unpaired) electrons. The molecule has 2 heterocycles. The number of hydrogen-bond donors (Lipinski definition) is 0. The van der Waals surface area contributed by atoms with Crippen LogP contribution in [0.5, 0.6) is 5.75 Å². The number of benzene rings is 3. The first-order chi connectivity index (χ1) is 20.2. The molecule has 42 heavy (non-hydrogen) atoms. The molecule has 0 unspecified atom stereocenters. The largest absolute Gasteiger partial charge is 0.487 e. The van der Waals surface area contributed by atoms with Gasteiger partial charge in [-0.3, -0.25) is 9.36 Å². The number of allylic oxidation sites excluding steroid dienone is 1. The van der Waals surface area contributed by atoms with Gasteiger partial charge >= 0.3 is 5.97 Å². The molecular formula is C31H22FI2N3O4S. The third-order valence-electron chi connectivity index (χ3n) is 6.54. The normalized spacial score (nSPS) is 14.7. The van der Waals surface area contributed by atoms with Crippen molar-refractivity contribution in [3.05, 3.63) is 127 Å². The molecule has 1 aliphatic rings. The SMILES string of the molecule is CCOC(=O)C1=C(C)N=c2s/c(=C\c3cc(I)cc(I)c3OCc3ccccc3C#N)c(=O)n2[C@@H]1c1ccc(F)cc1. The first kappa shape index (κ1) is 30.1. The molecule has 0 amide bonds. The molecule has 3 aromatic carbocycles. The summed E-state index contributed by atoms with van der Waals surface area (Å²) in [6.07, 6.45) is 1.75. The predicted molar refractivity (Wildman–Crippen MR) is 174 cm³/mol. The first-order valence-electron chi connectivity index (χ1n) is 12.8. The van der Waals surface area contributed by atoms with E-state index in [-0.39, 0.29) is 24.3 Å². The van der Waals surface area contributed by atoms with E-state index in [1.54, 1.807) is 44.2 Å². The molecule has 212 valence electrons. The summed E-state index contributed by atoms with van der Waals surface area (Å²) in [6, 6.07) is 18.2. The number of fused-ring (bicyclic) bond motifs is 1. The molecule has 1 aromatic heterocycles. The molecule has 11 heteroatoms. The number of nitrogens with zero attached hydrogens (tertiary/aromatic N) is 3. The molecule has 7 nitrogen and oxygen atoms in total. The van der Waals surface area contributed by atoms with Gasteiger partial charge in [-0.1, -0.05) is 41.7 Å². The van der Waals surface area contributed by atoms with Crippen LogP contribution in [0.25, 0.3) is 6.08 Å². The molecule has 0 N–H and O–H groups in total. The van der Waals surface area contributed by atoms with Gasteiger partial charge in [-0.05, 0) is 101 Å². The molecule has 0 bridgehead atoms. The zero-order chi connectivity index (χ0) is 30.0. The second-order valence-corrected chi connectivity index (χ2v) is 12.6. The van der Waals surface area contributed by atoms with E-state index in [0.29, 0.717) is 37.5 Å². The van der Waals surface area contributed by atoms with Crippen molar-refractivity contribution in [2.24, 2.45) is 4.99 Å². The highest BCUT2D eigenvalue weighted by atomic mass is 127. The standard InChI is InChI=1S/C31H22FI2N3O4S/c1-3-40-30(39)26-17(2)36-31-37(27(26)18-8-10-22(32)11-9-18)29(38)25(42-31)13-21-12-23(33)14-24(34)28(21)41-16-20-7-5-4-6-19(20)15-35/h4-14,27H,3,16H2,1-2H3/b25-13-/t27-/m1/s1. The molecular weight excluding hydrogens is 783 g/mol. The lowest BCUT2D eigenvalue weighted by atomic mass is 9.96. The monoisotopic (exact) mass is 805 g/mol. The number of thiazole rings is 1. The quantitative estimate of drug-likeness (QED) is 0.179. The van der Waals surface area contributed by atoms with Crippen LogP contribution < -0.4 is 19.6 Å². The van der Waals surface area contributed by atoms with Gasteiger partial charge in [0.25, 0.3) is 5.56 Å². The van der Waals surface area contributed by atoms with Gasteiger partial charge in [-0.25, -0.2) is 14.2 Å². The Kier molecular flexibility index (Phi) is 9.24. The van der Waals surface area contributed by atoms with Crippen LogP contribution in [0.15, 0.2) is 81.7 Å². The summed E-state index contributed by atoms with van der Waals surface area (Å²) < 4.78 is 29.0. The van der Waals surface area contributed by atoms with Crippen molar-refractivity contribution in [2.75, 3.05) is 6.61 Å². The minimum Gasteiger partial charge on any atom is -0.487 e. The Morgan fingerprint density at radius 1 is 1.19 bits per heavy atom. The maximum absolute atomic E-state index is 14.0. The van der Waals surface area contributed by atoms with E-state index >= 15 is 0 Å². The number of halogens is 3. The average molecular weight is 805 g/mol. The van der Waals surface area contributed by atoms with Crippen LogP contribution in [-0.2, 0) is 16.1 Å². The van der Waals surface area contributed by atoms with Crippen LogP contribution >= 0.6 is 56.5 Å². The number of ether oxygens (including phenoxy) is 2. The van der Waals surface area contributed by atoms with Crippen molar-refractivity contribution in [1.82, 2.24) is 4.57 Å². The minimum atomic E-state index is -0.836. The fourth-order valence-corrected chi connectivity index (χ4v) is 7.72. The summed E-state index contributed by atoms with van der Waals surface area (Å²) in [5, 5.41) is 9.48. The molecule has 5 rings (SSSR count). The van der Waals surface area contributed by atoms with E-state index in [4.69, 9.17) is 9.47 Å². The Hall–Kier alpha value is -3.35. The second-order valence-electron chi connectivity index (χ2n) is 9.22. The summed E-state index contributed by atoms with van der Waals surface area (Å²) in [4.78, 5) is 32.1. The number of hydrogen-bond acceptors (Lipinski definition) is 7. The molecule has 0 saturated carbocycles. The highest BCUT2D eigenvalue weighted by Gasteiger charge is 2.33. The fourth-order valence-electron chi connectivity index (χ4n) is 4.64. The van der Waals surface area contributed by atoms with Gasteiger partial charge < -0.3 is 9.47 Å². The average Bonchev–Trinajstić information content (AvgIpc) is 3.26. The molecule has 1 aliphatic heterocycles. The lowest BCUT2D eigenvalue weighted by Crippen LogP contribution is -2.39. The number of esters is 1. The topological polar surface area (TPSA) is 93.7 Å². The van der Waals surface area contributed by atoms with E-state index in [0.717, 1.165) is 12.7 Å². The van der Waals surface area contributed by atoms with Crippen LogP contribution in [-0.4, -0.2) is 17.1 Å². The molecule has 4 aromatic rings. The van der Waals surface area contributed by atoms with Gasteiger partial charge in [0.15, 0.2) is 4.80 Å². The van der Waals surface area contributed by atoms with E-state index in [1.165, 1.54) is 28.0 Å². The Labute approximate surface area is 271 Å². The van der Waals surface area contributed by atoms with Gasteiger partial charge in [-0.2, -0.15) is 5.26 Å². The molecule has 0 aliphatic carbocycles. The summed E-state index contributed by atoms with van der Waals surface area (Å²) in [6.45, 7) is 3.74. The number of rotatable bonds is 7. The van der Waals surface area contributed by atoms with Gasteiger partial charge in [0.1, 0.15) is 18.2 Å². The molecule has 0 fully saturated rings. The second kappa shape index (κ2) is 12.9. The van der Waals surface area contributed by atoms with Crippen LogP contribution in [0.2, 0.25) is 0 Å². The lowest BCUT2D eigenvalue weighted by Gasteiger charge is -2.24. The smallest absolute Gasteiger partial charge is 0.338 e. The summed E-state index contributed by atoms with van der Waals surface area (Å²) in [5.41, 5.74) is 2.83. The Balaban J connectivity index is 1.65. The number of nitriles is 1. The highest BCUT2D eigenvalue weighted by molar-refractivity contribution is 14.1. The minimum absolute atomic E-state index is 0.156. The Morgan fingerprint density at radius 2 is 1.93 bits per heavy atom. The Bertz CT molecular complexity index is 1960. The zero-order valence-electron chi connectivity index (χ0n) is 22.4. The highest BCUT2D eigenvalue weighted by Crippen LogP contribution is 2.32. The van der Waals surface area contributed by atoms with E-state index in [9.17, 15) is 19.2 Å². The van der Waals surface area contributed by atoms with Gasteiger partial charge in [0, 0.05) is 14.7 Å². The fraction of sp³-hybridized carbons (Fsp3) is 0.161. The van der Waals surface area contributed by atoms with Crippen molar-refractivity contribution >= 4 is 68.6 Å². The van der Waals surface area contributed by atoms with E-state index in [1.807, 2.05) is 24.3 Å². The number of aromatic nitrogens is 1. The van der Waals surface area contributed by atoms with E-state index in [2.05, 4.69) is 56.2 Å². The van der Waals surface area contributed by atoms with Crippen LogP contribution in [0.1, 0.15) is 42.1 Å². The zero-order valence-corrected chi connectivity index (χ0v) is 27.5. The summed E-state index contributed by atoms with van der Waals surface area (Å²) >= 11 is 5.60. The van der Waals surface area contributed by atoms with Crippen LogP contribution in [0.3, 0.4) is 0 Å². The van der Waals surface area contributed by atoms with Crippen LogP contribution in [0.4, 0.5) is 4.39 Å². The van der Waals surface area contributed by atoms with Crippen molar-refractivity contribution in [1.29, 1.82) is 5.26 Å². The summed E-state index contributed by atoms with van der Waals surface area (Å²) in [5.74, 6) is -0.432. The maximum Gasteiger partial charge on any atom is 0.338 e. The molecule has 1 atom stereocenters. The van der Waals surface area contributed by atoms with Crippen molar-refractivity contribution in [3.63, 3.8) is 0 Å². The maximum atomic E-state index is 14.0. The van der Waals surface area contributed by atoms with Gasteiger partial charge in [-0.15, -0.1) is 0 Å². The Morgan fingerprint density at radius 3 is 2.64 bits per heavy atom.